The van der Waals surface area contributed by atoms with Gasteiger partial charge in [-0.15, -0.1) is 13.2 Å². The van der Waals surface area contributed by atoms with Crippen LogP contribution in [0, 0.1) is 0 Å². The molecule has 0 unspecified atom stereocenters. The molecule has 0 bridgehead atoms. The smallest absolute Gasteiger partial charge is 0.406 e. The molecule has 0 fully saturated rings. The van der Waals surface area contributed by atoms with Crippen molar-refractivity contribution in [1.29, 1.82) is 0 Å². The summed E-state index contributed by atoms with van der Waals surface area (Å²) >= 11 is 5.07. The van der Waals surface area contributed by atoms with Crippen molar-refractivity contribution in [1.82, 2.24) is 0 Å². The van der Waals surface area contributed by atoms with Gasteiger partial charge in [-0.1, -0.05) is 6.07 Å². The molecule has 0 radical (unpaired) electrons. The van der Waals surface area contributed by atoms with Crippen molar-refractivity contribution in [2.45, 2.75) is 11.3 Å². The first kappa shape index (κ1) is 19.0. The van der Waals surface area contributed by atoms with Crippen molar-refractivity contribution in [3.63, 3.8) is 0 Å². The van der Waals surface area contributed by atoms with Gasteiger partial charge in [-0.3, -0.25) is 0 Å². The van der Waals surface area contributed by atoms with E-state index in [2.05, 4.69) is 15.4 Å². The number of hydrogen-bond donors (Lipinski definition) is 2. The molecule has 2 N–H and O–H groups in total. The van der Waals surface area contributed by atoms with E-state index in [4.69, 9.17) is 12.2 Å². The second kappa shape index (κ2) is 7.28. The SMILES string of the molecule is CS(=O)(=O)c1ccc(NC(=S)Nc2cccc(OC(F)(F)F)c2)cc1. The lowest BCUT2D eigenvalue weighted by Crippen LogP contribution is -2.20. The van der Waals surface area contributed by atoms with Crippen LogP contribution < -0.4 is 15.4 Å². The van der Waals surface area contributed by atoms with Crippen molar-refractivity contribution in [2.24, 2.45) is 0 Å². The first-order chi connectivity index (χ1) is 11.5. The van der Waals surface area contributed by atoms with Gasteiger partial charge in [0, 0.05) is 23.7 Å². The Bertz CT molecular complexity index is 866. The summed E-state index contributed by atoms with van der Waals surface area (Å²) in [6.45, 7) is 0. The average Bonchev–Trinajstić information content (AvgIpc) is 2.45. The fraction of sp³-hybridized carbons (Fsp3) is 0.133. The minimum atomic E-state index is -4.78. The van der Waals surface area contributed by atoms with E-state index in [0.717, 1.165) is 12.3 Å². The molecule has 25 heavy (non-hydrogen) atoms. The Hall–Kier alpha value is -2.33. The number of benzene rings is 2. The molecule has 0 saturated heterocycles. The van der Waals surface area contributed by atoms with Crippen molar-refractivity contribution in [2.75, 3.05) is 16.9 Å². The molecule has 0 aliphatic carbocycles. The summed E-state index contributed by atoms with van der Waals surface area (Å²) in [5.74, 6) is -0.377. The molecule has 2 rings (SSSR count). The Morgan fingerprint density at radius 2 is 1.64 bits per heavy atom. The van der Waals surface area contributed by atoms with Gasteiger partial charge in [0.15, 0.2) is 14.9 Å². The molecule has 0 aromatic heterocycles. The number of hydrogen-bond acceptors (Lipinski definition) is 4. The summed E-state index contributed by atoms with van der Waals surface area (Å²) in [6, 6.07) is 11.1. The van der Waals surface area contributed by atoms with Crippen LogP contribution in [0.3, 0.4) is 0 Å². The third kappa shape index (κ3) is 6.24. The monoisotopic (exact) mass is 390 g/mol. The third-order valence-corrected chi connectivity index (χ3v) is 4.20. The zero-order valence-electron chi connectivity index (χ0n) is 12.8. The number of halogens is 3. The van der Waals surface area contributed by atoms with Gasteiger partial charge >= 0.3 is 6.36 Å². The van der Waals surface area contributed by atoms with Gasteiger partial charge in [-0.05, 0) is 48.6 Å². The van der Waals surface area contributed by atoms with Crippen LogP contribution in [-0.2, 0) is 9.84 Å². The molecule has 0 saturated carbocycles. The van der Waals surface area contributed by atoms with E-state index < -0.39 is 16.2 Å². The lowest BCUT2D eigenvalue weighted by Gasteiger charge is -2.13. The normalized spacial score (nSPS) is 11.7. The van der Waals surface area contributed by atoms with E-state index in [0.29, 0.717) is 11.4 Å². The molecule has 2 aromatic rings. The van der Waals surface area contributed by atoms with Gasteiger partial charge in [0.2, 0.25) is 0 Å². The van der Waals surface area contributed by atoms with Gasteiger partial charge in [-0.25, -0.2) is 8.42 Å². The molecule has 0 atom stereocenters. The van der Waals surface area contributed by atoms with Gasteiger partial charge in [0.25, 0.3) is 0 Å². The van der Waals surface area contributed by atoms with E-state index in [1.54, 1.807) is 0 Å². The van der Waals surface area contributed by atoms with Crippen LogP contribution in [0.4, 0.5) is 24.5 Å². The molecule has 0 aliphatic rings. The van der Waals surface area contributed by atoms with Gasteiger partial charge < -0.3 is 15.4 Å². The topological polar surface area (TPSA) is 67.4 Å². The van der Waals surface area contributed by atoms with Crippen LogP contribution in [0.15, 0.2) is 53.4 Å². The largest absolute Gasteiger partial charge is 0.573 e. The molecule has 5 nitrogen and oxygen atoms in total. The number of nitrogens with one attached hydrogen (secondary N) is 2. The molecule has 10 heteroatoms. The van der Waals surface area contributed by atoms with E-state index in [9.17, 15) is 21.6 Å². The number of alkyl halides is 3. The third-order valence-electron chi connectivity index (χ3n) is 2.87. The highest BCUT2D eigenvalue weighted by atomic mass is 32.2. The van der Waals surface area contributed by atoms with Crippen LogP contribution in [0.25, 0.3) is 0 Å². The molecular formula is C15H13F3N2O3S2. The predicted molar refractivity (Wildman–Crippen MR) is 92.5 cm³/mol. The lowest BCUT2D eigenvalue weighted by atomic mass is 10.3. The van der Waals surface area contributed by atoms with Crippen LogP contribution in [0.5, 0.6) is 5.75 Å². The molecule has 134 valence electrons. The van der Waals surface area contributed by atoms with Crippen LogP contribution in [0.2, 0.25) is 0 Å². The van der Waals surface area contributed by atoms with Gasteiger partial charge in [-0.2, -0.15) is 0 Å². The maximum atomic E-state index is 12.2. The van der Waals surface area contributed by atoms with E-state index in [1.807, 2.05) is 0 Å². The van der Waals surface area contributed by atoms with Gasteiger partial charge in [0.1, 0.15) is 5.75 Å². The Morgan fingerprint density at radius 1 is 1.04 bits per heavy atom. The Labute approximate surface area is 147 Å². The van der Waals surface area contributed by atoms with Crippen LogP contribution in [0.1, 0.15) is 0 Å². The van der Waals surface area contributed by atoms with E-state index in [-0.39, 0.29) is 15.8 Å². The zero-order valence-corrected chi connectivity index (χ0v) is 14.4. The summed E-state index contributed by atoms with van der Waals surface area (Å²) < 4.78 is 63.3. The first-order valence-electron chi connectivity index (χ1n) is 6.77. The minimum absolute atomic E-state index is 0.122. The van der Waals surface area contributed by atoms with Gasteiger partial charge in [0.05, 0.1) is 4.90 Å². The number of thiocarbonyl (C=S) groups is 1. The molecule has 2 aromatic carbocycles. The average molecular weight is 390 g/mol. The Morgan fingerprint density at radius 3 is 2.20 bits per heavy atom. The van der Waals surface area contributed by atoms with Crippen LogP contribution in [-0.4, -0.2) is 26.1 Å². The highest BCUT2D eigenvalue weighted by Gasteiger charge is 2.31. The highest BCUT2D eigenvalue weighted by molar-refractivity contribution is 7.90. The maximum absolute atomic E-state index is 12.2. The predicted octanol–water partition coefficient (Wildman–Crippen LogP) is 3.80. The number of anilines is 2. The fourth-order valence-corrected chi connectivity index (χ4v) is 2.72. The second-order valence-electron chi connectivity index (χ2n) is 4.95. The quantitative estimate of drug-likeness (QED) is 0.774. The van der Waals surface area contributed by atoms with E-state index >= 15 is 0 Å². The summed E-state index contributed by atoms with van der Waals surface area (Å²) in [5, 5.41) is 5.64. The van der Waals surface area contributed by atoms with E-state index in [1.165, 1.54) is 42.5 Å². The highest BCUT2D eigenvalue weighted by Crippen LogP contribution is 2.25. The molecule has 0 aliphatic heterocycles. The number of ether oxygens (including phenoxy) is 1. The lowest BCUT2D eigenvalue weighted by molar-refractivity contribution is -0.274. The van der Waals surface area contributed by atoms with Crippen LogP contribution >= 0.6 is 12.2 Å². The second-order valence-corrected chi connectivity index (χ2v) is 7.38. The van der Waals surface area contributed by atoms with Crippen molar-refractivity contribution < 1.29 is 26.3 Å². The number of sulfone groups is 1. The summed E-state index contributed by atoms with van der Waals surface area (Å²) in [4.78, 5) is 0.161. The standard InChI is InChI=1S/C15H13F3N2O3S2/c1-25(21,22)13-7-5-10(6-8-13)19-14(24)20-11-3-2-4-12(9-11)23-15(16,17)18/h2-9H,1H3,(H2,19,20,24). The summed E-state index contributed by atoms with van der Waals surface area (Å²) in [6.07, 6.45) is -3.68. The molecule has 0 amide bonds. The first-order valence-corrected chi connectivity index (χ1v) is 9.07. The summed E-state index contributed by atoms with van der Waals surface area (Å²) in [5.41, 5.74) is 0.819. The van der Waals surface area contributed by atoms with Crippen molar-refractivity contribution in [3.8, 4) is 5.75 Å². The zero-order chi connectivity index (χ0) is 18.7. The molecule has 0 spiro atoms. The molecule has 0 heterocycles. The molecular weight excluding hydrogens is 377 g/mol. The Balaban J connectivity index is 2.02. The number of rotatable bonds is 4. The maximum Gasteiger partial charge on any atom is 0.573 e. The minimum Gasteiger partial charge on any atom is -0.406 e. The van der Waals surface area contributed by atoms with Crippen molar-refractivity contribution in [3.05, 3.63) is 48.5 Å². The summed E-state index contributed by atoms with van der Waals surface area (Å²) in [7, 11) is -3.30. The van der Waals surface area contributed by atoms with Crippen molar-refractivity contribution >= 4 is 38.5 Å². The fourth-order valence-electron chi connectivity index (χ4n) is 1.85. The Kier molecular flexibility index (Phi) is 5.53.